The molecule has 2 aromatic heterocycles. The zero-order valence-electron chi connectivity index (χ0n) is 14.7. The zero-order valence-corrected chi connectivity index (χ0v) is 14.7. The van der Waals surface area contributed by atoms with Gasteiger partial charge in [0.15, 0.2) is 12.4 Å². The van der Waals surface area contributed by atoms with Gasteiger partial charge in [-0.2, -0.15) is 5.10 Å². The van der Waals surface area contributed by atoms with E-state index in [0.717, 1.165) is 17.1 Å². The van der Waals surface area contributed by atoms with Gasteiger partial charge < -0.3 is 18.9 Å². The molecule has 1 aliphatic rings. The lowest BCUT2D eigenvalue weighted by Crippen LogP contribution is -2.45. The van der Waals surface area contributed by atoms with Crippen molar-refractivity contribution in [2.75, 3.05) is 26.4 Å². The summed E-state index contributed by atoms with van der Waals surface area (Å²) >= 11 is 0. The van der Waals surface area contributed by atoms with Crippen LogP contribution in [0.25, 0.3) is 0 Å². The molecule has 3 heterocycles. The number of hydrogen-bond donors (Lipinski definition) is 0. The van der Waals surface area contributed by atoms with Crippen LogP contribution < -0.4 is 4.74 Å². The maximum Gasteiger partial charge on any atom is 0.261 e. The Balaban J connectivity index is 1.72. The van der Waals surface area contributed by atoms with Gasteiger partial charge in [-0.1, -0.05) is 0 Å². The van der Waals surface area contributed by atoms with Crippen LogP contribution in [0.1, 0.15) is 23.1 Å². The maximum absolute atomic E-state index is 12.7. The minimum Gasteiger partial charge on any atom is -0.480 e. The summed E-state index contributed by atoms with van der Waals surface area (Å²) in [6, 6.07) is 3.92. The number of rotatable bonds is 4. The Bertz CT molecular complexity index is 734. The number of carbonyl (C=O) groups excluding carboxylic acids is 1. The topological polar surface area (TPSA) is 61.5 Å². The number of amides is 1. The summed E-state index contributed by atoms with van der Waals surface area (Å²) in [5.74, 6) is 0.654. The highest BCUT2D eigenvalue weighted by Gasteiger charge is 2.30. The summed E-state index contributed by atoms with van der Waals surface area (Å²) in [6.07, 6.45) is 1.98. The molecule has 0 bridgehead atoms. The second kappa shape index (κ2) is 6.68. The van der Waals surface area contributed by atoms with Crippen molar-refractivity contribution in [1.82, 2.24) is 19.2 Å². The molecule has 0 saturated carbocycles. The predicted octanol–water partition coefficient (Wildman–Crippen LogP) is 1.35. The molecule has 1 amide bonds. The first-order valence-electron chi connectivity index (χ1n) is 8.10. The van der Waals surface area contributed by atoms with E-state index in [1.165, 1.54) is 0 Å². The third kappa shape index (κ3) is 3.03. The molecule has 0 aliphatic carbocycles. The normalized spacial score (nSPS) is 18.0. The largest absolute Gasteiger partial charge is 0.480 e. The van der Waals surface area contributed by atoms with Crippen molar-refractivity contribution in [2.24, 2.45) is 14.1 Å². The van der Waals surface area contributed by atoms with Gasteiger partial charge >= 0.3 is 0 Å². The lowest BCUT2D eigenvalue weighted by atomic mass is 10.1. The van der Waals surface area contributed by atoms with Crippen LogP contribution in [0, 0.1) is 13.8 Å². The molecule has 130 valence electrons. The van der Waals surface area contributed by atoms with E-state index < -0.39 is 0 Å². The van der Waals surface area contributed by atoms with Gasteiger partial charge in [-0.3, -0.25) is 9.48 Å². The molecule has 0 N–H and O–H groups in total. The molecular formula is C17H24N4O3. The first-order valence-corrected chi connectivity index (χ1v) is 8.10. The molecule has 1 atom stereocenters. The summed E-state index contributed by atoms with van der Waals surface area (Å²) in [5.41, 5.74) is 2.78. The molecule has 1 aliphatic heterocycles. The zero-order chi connectivity index (χ0) is 17.3. The van der Waals surface area contributed by atoms with Crippen molar-refractivity contribution in [3.63, 3.8) is 0 Å². The summed E-state index contributed by atoms with van der Waals surface area (Å²) in [6.45, 7) is 5.46. The van der Waals surface area contributed by atoms with Crippen molar-refractivity contribution in [3.8, 4) is 5.75 Å². The van der Waals surface area contributed by atoms with Gasteiger partial charge in [-0.05, 0) is 26.0 Å². The van der Waals surface area contributed by atoms with Gasteiger partial charge in [0.25, 0.3) is 5.91 Å². The first kappa shape index (κ1) is 16.6. The number of morpholine rings is 1. The number of aromatic nitrogens is 3. The first-order chi connectivity index (χ1) is 11.5. The quantitative estimate of drug-likeness (QED) is 0.848. The highest BCUT2D eigenvalue weighted by molar-refractivity contribution is 5.78. The van der Waals surface area contributed by atoms with Crippen molar-refractivity contribution in [3.05, 3.63) is 35.4 Å². The highest BCUT2D eigenvalue weighted by Crippen LogP contribution is 2.25. The van der Waals surface area contributed by atoms with Gasteiger partial charge in [0.2, 0.25) is 0 Å². The Morgan fingerprint density at radius 2 is 2.21 bits per heavy atom. The van der Waals surface area contributed by atoms with Crippen LogP contribution in [-0.4, -0.2) is 51.5 Å². The smallest absolute Gasteiger partial charge is 0.261 e. The van der Waals surface area contributed by atoms with Gasteiger partial charge in [0.1, 0.15) is 5.69 Å². The summed E-state index contributed by atoms with van der Waals surface area (Å²) < 4.78 is 15.1. The minimum absolute atomic E-state index is 0.00823. The summed E-state index contributed by atoms with van der Waals surface area (Å²) in [7, 11) is 3.84. The maximum atomic E-state index is 12.7. The number of carbonyl (C=O) groups is 1. The number of hydrogen-bond acceptors (Lipinski definition) is 4. The molecule has 0 radical (unpaired) electrons. The fraction of sp³-hybridized carbons (Fsp3) is 0.529. The molecule has 1 saturated heterocycles. The number of aryl methyl sites for hydroxylation is 3. The van der Waals surface area contributed by atoms with E-state index in [1.54, 1.807) is 4.68 Å². The van der Waals surface area contributed by atoms with E-state index in [-0.39, 0.29) is 18.6 Å². The average molecular weight is 332 g/mol. The van der Waals surface area contributed by atoms with E-state index in [0.29, 0.717) is 25.5 Å². The molecule has 0 aromatic carbocycles. The molecule has 7 nitrogen and oxygen atoms in total. The molecular weight excluding hydrogens is 308 g/mol. The lowest BCUT2D eigenvalue weighted by Gasteiger charge is -2.35. The van der Waals surface area contributed by atoms with Crippen LogP contribution in [0.3, 0.4) is 0 Å². The molecule has 2 aromatic rings. The molecule has 7 heteroatoms. The number of ether oxygens (including phenoxy) is 2. The second-order valence-electron chi connectivity index (χ2n) is 6.13. The summed E-state index contributed by atoms with van der Waals surface area (Å²) in [4.78, 5) is 14.6. The van der Waals surface area contributed by atoms with Crippen molar-refractivity contribution in [1.29, 1.82) is 0 Å². The Morgan fingerprint density at radius 1 is 1.42 bits per heavy atom. The monoisotopic (exact) mass is 332 g/mol. The van der Waals surface area contributed by atoms with Crippen LogP contribution in [-0.2, 0) is 23.6 Å². The molecule has 1 fully saturated rings. The Hall–Kier alpha value is -2.28. The van der Waals surface area contributed by atoms with Crippen LogP contribution in [0.4, 0.5) is 0 Å². The predicted molar refractivity (Wildman–Crippen MR) is 88.9 cm³/mol. The van der Waals surface area contributed by atoms with Gasteiger partial charge in [-0.25, -0.2) is 0 Å². The third-order valence-corrected chi connectivity index (χ3v) is 4.56. The van der Waals surface area contributed by atoms with Crippen molar-refractivity contribution in [2.45, 2.75) is 19.9 Å². The Kier molecular flexibility index (Phi) is 4.62. The van der Waals surface area contributed by atoms with Gasteiger partial charge in [-0.15, -0.1) is 0 Å². The second-order valence-corrected chi connectivity index (χ2v) is 6.13. The SMILES string of the molecule is Cc1nn(C)c(C)c1OCC(=O)N1CCOCC1c1cccn1C. The molecule has 24 heavy (non-hydrogen) atoms. The third-order valence-electron chi connectivity index (χ3n) is 4.56. The fourth-order valence-corrected chi connectivity index (χ4v) is 3.15. The van der Waals surface area contributed by atoms with E-state index in [9.17, 15) is 4.79 Å². The van der Waals surface area contributed by atoms with Crippen molar-refractivity contribution >= 4 is 5.91 Å². The van der Waals surface area contributed by atoms with Crippen LogP contribution in [0.2, 0.25) is 0 Å². The number of nitrogens with zero attached hydrogens (tertiary/aromatic N) is 4. The van der Waals surface area contributed by atoms with Gasteiger partial charge in [0, 0.05) is 32.5 Å². The van der Waals surface area contributed by atoms with Crippen molar-refractivity contribution < 1.29 is 14.3 Å². The van der Waals surface area contributed by atoms with E-state index in [1.807, 2.05) is 55.7 Å². The van der Waals surface area contributed by atoms with E-state index in [4.69, 9.17) is 9.47 Å². The van der Waals surface area contributed by atoms with Crippen LogP contribution >= 0.6 is 0 Å². The Morgan fingerprint density at radius 3 is 2.83 bits per heavy atom. The molecule has 3 rings (SSSR count). The molecule has 1 unspecified atom stereocenters. The lowest BCUT2D eigenvalue weighted by molar-refractivity contribution is -0.142. The standard InChI is InChI=1S/C17H24N4O3/c1-12-17(13(2)20(4)18-12)24-11-16(22)21-8-9-23-10-15(21)14-6-5-7-19(14)3/h5-7,15H,8-11H2,1-4H3. The van der Waals surface area contributed by atoms with Crippen LogP contribution in [0.15, 0.2) is 18.3 Å². The van der Waals surface area contributed by atoms with E-state index >= 15 is 0 Å². The average Bonchev–Trinajstić information content (AvgIpc) is 3.09. The van der Waals surface area contributed by atoms with Gasteiger partial charge in [0.05, 0.1) is 24.9 Å². The summed E-state index contributed by atoms with van der Waals surface area (Å²) in [5, 5.41) is 4.31. The Labute approximate surface area is 141 Å². The fourth-order valence-electron chi connectivity index (χ4n) is 3.15. The van der Waals surface area contributed by atoms with E-state index in [2.05, 4.69) is 5.10 Å². The van der Waals surface area contributed by atoms with Crippen LogP contribution in [0.5, 0.6) is 5.75 Å². The minimum atomic E-state index is -0.0778. The molecule has 0 spiro atoms. The highest BCUT2D eigenvalue weighted by atomic mass is 16.5.